The minimum Gasteiger partial charge on any atom is -0.462 e. The third-order valence-electron chi connectivity index (χ3n) is 15.5. The van der Waals surface area contributed by atoms with Crippen molar-refractivity contribution in [3.8, 4) is 0 Å². The molecule has 0 aliphatic heterocycles. The van der Waals surface area contributed by atoms with Crippen LogP contribution < -0.4 is 0 Å². The molecule has 0 spiro atoms. The lowest BCUT2D eigenvalue weighted by molar-refractivity contribution is -0.161. The molecule has 0 aromatic rings. The zero-order chi connectivity index (χ0) is 70.4. The number of carbonyl (C=O) groups is 4. The summed E-state index contributed by atoms with van der Waals surface area (Å²) in [5.74, 6) is -2.23. The number of carbonyl (C=O) groups excluding carboxylic acids is 4. The van der Waals surface area contributed by atoms with Gasteiger partial charge in [-0.05, 0) is 135 Å². The largest absolute Gasteiger partial charge is 0.472 e. The van der Waals surface area contributed by atoms with Crippen molar-refractivity contribution in [1.82, 2.24) is 0 Å². The van der Waals surface area contributed by atoms with Crippen molar-refractivity contribution in [2.75, 3.05) is 39.6 Å². The van der Waals surface area contributed by atoms with Crippen LogP contribution in [0.3, 0.4) is 0 Å². The zero-order valence-electron chi connectivity index (χ0n) is 60.3. The fourth-order valence-electron chi connectivity index (χ4n) is 9.75. The number of unbranched alkanes of at least 4 members (excludes halogenated alkanes) is 28. The van der Waals surface area contributed by atoms with E-state index in [-0.39, 0.29) is 25.7 Å². The topological polar surface area (TPSA) is 237 Å². The molecule has 3 N–H and O–H groups in total. The van der Waals surface area contributed by atoms with Gasteiger partial charge < -0.3 is 33.8 Å². The summed E-state index contributed by atoms with van der Waals surface area (Å²) < 4.78 is 68.3. The van der Waals surface area contributed by atoms with Crippen LogP contribution in [0.1, 0.15) is 310 Å². The van der Waals surface area contributed by atoms with E-state index in [4.69, 9.17) is 37.0 Å². The van der Waals surface area contributed by atoms with Crippen LogP contribution in [0.15, 0.2) is 97.2 Å². The van der Waals surface area contributed by atoms with Gasteiger partial charge in [0.05, 0.1) is 26.4 Å². The number of esters is 4. The summed E-state index contributed by atoms with van der Waals surface area (Å²) in [4.78, 5) is 72.7. The molecule has 0 aliphatic carbocycles. The average molecular weight is 1390 g/mol. The van der Waals surface area contributed by atoms with Gasteiger partial charge in [0.1, 0.15) is 19.3 Å². The Morgan fingerprint density at radius 3 is 0.917 bits per heavy atom. The molecule has 0 aromatic heterocycles. The first kappa shape index (κ1) is 92.0. The number of hydrogen-bond donors (Lipinski definition) is 3. The van der Waals surface area contributed by atoms with Crippen LogP contribution in [-0.4, -0.2) is 96.7 Å². The maximum Gasteiger partial charge on any atom is 0.472 e. The van der Waals surface area contributed by atoms with Gasteiger partial charge in [0.15, 0.2) is 12.2 Å². The second-order valence-corrected chi connectivity index (χ2v) is 27.8. The number of ether oxygens (including phenoxy) is 4. The molecule has 0 aromatic carbocycles. The molecule has 0 saturated carbocycles. The van der Waals surface area contributed by atoms with Crippen molar-refractivity contribution in [2.45, 2.75) is 329 Å². The monoisotopic (exact) mass is 1390 g/mol. The van der Waals surface area contributed by atoms with E-state index in [2.05, 4.69) is 125 Å². The van der Waals surface area contributed by atoms with E-state index in [9.17, 15) is 43.2 Å². The Morgan fingerprint density at radius 2 is 0.573 bits per heavy atom. The summed E-state index contributed by atoms with van der Waals surface area (Å²) in [6, 6.07) is 0. The predicted molar refractivity (Wildman–Crippen MR) is 390 cm³/mol. The number of aliphatic hydroxyl groups excluding tert-OH is 1. The fraction of sp³-hybridized carbons (Fsp3) is 0.740. The van der Waals surface area contributed by atoms with Crippen molar-refractivity contribution in [3.63, 3.8) is 0 Å². The van der Waals surface area contributed by atoms with Crippen molar-refractivity contribution >= 4 is 39.5 Å². The molecule has 17 nitrogen and oxygen atoms in total. The summed E-state index contributed by atoms with van der Waals surface area (Å²) >= 11 is 0. The molecule has 554 valence electrons. The van der Waals surface area contributed by atoms with E-state index in [0.717, 1.165) is 180 Å². The molecule has 0 aliphatic rings. The predicted octanol–water partition coefficient (Wildman–Crippen LogP) is 21.2. The van der Waals surface area contributed by atoms with Crippen LogP contribution in [0.4, 0.5) is 0 Å². The van der Waals surface area contributed by atoms with Crippen LogP contribution >= 0.6 is 15.6 Å². The van der Waals surface area contributed by atoms with Crippen molar-refractivity contribution in [3.05, 3.63) is 97.2 Å². The molecule has 0 amide bonds. The molecule has 0 rings (SSSR count). The number of rotatable bonds is 70. The van der Waals surface area contributed by atoms with Crippen LogP contribution in [0.2, 0.25) is 0 Å². The van der Waals surface area contributed by atoms with Gasteiger partial charge in [0.25, 0.3) is 0 Å². The fourth-order valence-corrected chi connectivity index (χ4v) is 11.3. The standard InChI is InChI=1S/C77H134O17P2/c1-5-9-13-17-21-25-29-32-34-35-37-40-43-46-50-54-58-62-75(80)87-67-72(93-76(81)63-59-55-51-47-41-28-24-20-16-12-8-4)69-91-95(83,84)89-65-71(78)66-90-96(85,86)92-70-73(94-77(82)64-60-56-52-48-44-38-31-27-23-19-15-11-7-3)68-88-74(79)61-57-53-49-45-42-39-36-33-30-26-22-18-14-10-6-2/h9,13,15,19-21,24-25,27,31-34,36-37,40,71-73,78H,5-8,10-12,14,16-18,22-23,26,28-30,35,38-39,41-70H2,1-4H3,(H,83,84)(H,85,86)/b13-9-,19-15-,24-20-,25-21-,31-27-,34-32-,36-33-,40-37-. The van der Waals surface area contributed by atoms with Gasteiger partial charge in [-0.2, -0.15) is 0 Å². The molecular weight excluding hydrogens is 1260 g/mol. The second-order valence-electron chi connectivity index (χ2n) is 24.8. The number of hydrogen-bond acceptors (Lipinski definition) is 15. The van der Waals surface area contributed by atoms with Crippen LogP contribution in [0, 0.1) is 0 Å². The Bertz CT molecular complexity index is 2200. The minimum absolute atomic E-state index is 0.0772. The highest BCUT2D eigenvalue weighted by Gasteiger charge is 2.30. The number of allylic oxidation sites excluding steroid dienone is 16. The Morgan fingerprint density at radius 1 is 0.302 bits per heavy atom. The normalized spacial score (nSPS) is 14.5. The van der Waals surface area contributed by atoms with E-state index in [1.165, 1.54) is 51.4 Å². The van der Waals surface area contributed by atoms with E-state index in [0.29, 0.717) is 25.7 Å². The van der Waals surface area contributed by atoms with Gasteiger partial charge in [-0.15, -0.1) is 0 Å². The average Bonchev–Trinajstić information content (AvgIpc) is 1.13. The summed E-state index contributed by atoms with van der Waals surface area (Å²) in [5.41, 5.74) is 0. The van der Waals surface area contributed by atoms with Crippen LogP contribution in [-0.2, 0) is 65.4 Å². The molecule has 5 atom stereocenters. The van der Waals surface area contributed by atoms with Crippen molar-refractivity contribution in [2.24, 2.45) is 0 Å². The van der Waals surface area contributed by atoms with Crippen LogP contribution in [0.5, 0.6) is 0 Å². The third-order valence-corrected chi connectivity index (χ3v) is 17.4. The van der Waals surface area contributed by atoms with Crippen molar-refractivity contribution in [1.29, 1.82) is 0 Å². The maximum absolute atomic E-state index is 13.1. The van der Waals surface area contributed by atoms with Gasteiger partial charge >= 0.3 is 39.5 Å². The number of aliphatic hydroxyl groups is 1. The Balaban J connectivity index is 5.34. The maximum atomic E-state index is 13.1. The highest BCUT2D eigenvalue weighted by molar-refractivity contribution is 7.47. The molecule has 96 heavy (non-hydrogen) atoms. The van der Waals surface area contributed by atoms with E-state index < -0.39 is 97.5 Å². The SMILES string of the molecule is CC/C=C\C/C=C\C/C=C\C/C=C\CCCCCCC(=O)OCC(COP(=O)(O)OCC(O)COP(=O)(O)OCC(COC(=O)CCCCCCC/C=C\CCCCCCCC)OC(=O)CCCCCCC/C=C\C/C=C\CCC)OC(=O)CCCCCCC/C=C\CCCC. The van der Waals surface area contributed by atoms with E-state index in [1.807, 2.05) is 0 Å². The highest BCUT2D eigenvalue weighted by atomic mass is 31.2. The molecule has 0 saturated heterocycles. The summed E-state index contributed by atoms with van der Waals surface area (Å²) in [6.07, 6.45) is 71.2. The molecule has 0 fully saturated rings. The molecular formula is C77H134O17P2. The van der Waals surface area contributed by atoms with E-state index >= 15 is 0 Å². The lowest BCUT2D eigenvalue weighted by Gasteiger charge is -2.21. The Kier molecular flexibility index (Phi) is 66.6. The lowest BCUT2D eigenvalue weighted by Crippen LogP contribution is -2.30. The quantitative estimate of drug-likeness (QED) is 0.0169. The summed E-state index contributed by atoms with van der Waals surface area (Å²) in [7, 11) is -9.95. The Labute approximate surface area is 582 Å². The second kappa shape index (κ2) is 69.5. The smallest absolute Gasteiger partial charge is 0.462 e. The first-order chi connectivity index (χ1) is 46.7. The minimum atomic E-state index is -4.98. The van der Waals surface area contributed by atoms with Gasteiger partial charge in [0, 0.05) is 25.7 Å². The first-order valence-electron chi connectivity index (χ1n) is 37.5. The van der Waals surface area contributed by atoms with Gasteiger partial charge in [-0.3, -0.25) is 37.3 Å². The van der Waals surface area contributed by atoms with Crippen LogP contribution in [0.25, 0.3) is 0 Å². The molecule has 5 unspecified atom stereocenters. The lowest BCUT2D eigenvalue weighted by atomic mass is 10.1. The summed E-state index contributed by atoms with van der Waals surface area (Å²) in [6.45, 7) is 4.59. The summed E-state index contributed by atoms with van der Waals surface area (Å²) in [5, 5.41) is 10.6. The number of phosphoric ester groups is 2. The Hall–Kier alpha value is -4.02. The zero-order valence-corrected chi connectivity index (χ0v) is 62.1. The molecule has 0 bridgehead atoms. The van der Waals surface area contributed by atoms with E-state index in [1.54, 1.807) is 0 Å². The van der Waals surface area contributed by atoms with Gasteiger partial charge in [0.2, 0.25) is 0 Å². The third kappa shape index (κ3) is 68.5. The van der Waals surface area contributed by atoms with Gasteiger partial charge in [-0.25, -0.2) is 9.13 Å². The highest BCUT2D eigenvalue weighted by Crippen LogP contribution is 2.45. The molecule has 0 heterocycles. The first-order valence-corrected chi connectivity index (χ1v) is 40.5. The molecule has 0 radical (unpaired) electrons. The van der Waals surface area contributed by atoms with Gasteiger partial charge in [-0.1, -0.05) is 247 Å². The molecule has 19 heteroatoms. The number of phosphoric acid groups is 2. The van der Waals surface area contributed by atoms with Crippen molar-refractivity contribution < 1.29 is 80.2 Å².